The molecule has 0 aromatic heterocycles. The Balaban J connectivity index is 3.21. The van der Waals surface area contributed by atoms with E-state index in [4.69, 9.17) is 10.5 Å². The van der Waals surface area contributed by atoms with Crippen molar-refractivity contribution in [2.24, 2.45) is 5.73 Å². The third kappa shape index (κ3) is 4.29. The van der Waals surface area contributed by atoms with Gasteiger partial charge in [-0.2, -0.15) is 0 Å². The minimum atomic E-state index is -0.478. The summed E-state index contributed by atoms with van der Waals surface area (Å²) in [6.45, 7) is 2.89. The van der Waals surface area contributed by atoms with Crippen molar-refractivity contribution < 1.29 is 9.53 Å². The van der Waals surface area contributed by atoms with E-state index >= 15 is 0 Å². The smallest absolute Gasteiger partial charge is 0.246 e. The van der Waals surface area contributed by atoms with Crippen molar-refractivity contribution in [1.82, 2.24) is 5.32 Å². The Morgan fingerprint density at radius 3 is 2.80 bits per heavy atom. The Hall–Kier alpha value is -0.610. The molecule has 0 saturated heterocycles. The van der Waals surface area contributed by atoms with Crippen LogP contribution < -0.4 is 11.1 Å². The molecule has 0 aliphatic rings. The van der Waals surface area contributed by atoms with Gasteiger partial charge in [0.05, 0.1) is 6.61 Å². The molecule has 3 N–H and O–H groups in total. The van der Waals surface area contributed by atoms with E-state index in [1.54, 1.807) is 6.92 Å². The normalized spacial score (nSPS) is 13.0. The van der Waals surface area contributed by atoms with Crippen LogP contribution in [-0.2, 0) is 9.53 Å². The fraction of sp³-hybridized carbons (Fsp3) is 0.833. The topological polar surface area (TPSA) is 64.3 Å². The molecular weight excluding hydrogens is 132 g/mol. The van der Waals surface area contributed by atoms with Gasteiger partial charge in [0.2, 0.25) is 5.91 Å². The van der Waals surface area contributed by atoms with Crippen molar-refractivity contribution in [1.29, 1.82) is 0 Å². The maximum atomic E-state index is 10.4. The molecule has 0 spiro atoms. The van der Waals surface area contributed by atoms with Crippen molar-refractivity contribution in [3.8, 4) is 0 Å². The quantitative estimate of drug-likeness (QED) is 0.494. The number of ether oxygens (including phenoxy) is 1. The van der Waals surface area contributed by atoms with Crippen LogP contribution >= 0.6 is 0 Å². The van der Waals surface area contributed by atoms with E-state index in [0.29, 0.717) is 6.61 Å². The lowest BCUT2D eigenvalue weighted by Gasteiger charge is -2.07. The van der Waals surface area contributed by atoms with E-state index in [1.165, 1.54) is 0 Å². The van der Waals surface area contributed by atoms with Gasteiger partial charge in [-0.1, -0.05) is 0 Å². The molecular formula is C6H14N2O2. The van der Waals surface area contributed by atoms with Crippen LogP contribution in [0.3, 0.4) is 0 Å². The predicted octanol–water partition coefficient (Wildman–Crippen LogP) is -0.904. The summed E-state index contributed by atoms with van der Waals surface area (Å²) < 4.78 is 5.01. The average molecular weight is 146 g/mol. The predicted molar refractivity (Wildman–Crippen MR) is 38.5 cm³/mol. The fourth-order valence-electron chi connectivity index (χ4n) is 0.420. The van der Waals surface area contributed by atoms with Crippen LogP contribution in [0.25, 0.3) is 0 Å². The van der Waals surface area contributed by atoms with Crippen LogP contribution in [0, 0.1) is 0 Å². The first-order valence-corrected chi connectivity index (χ1v) is 3.24. The largest absolute Gasteiger partial charge is 0.367 e. The molecule has 0 fully saturated rings. The summed E-state index contributed by atoms with van der Waals surface area (Å²) in [4.78, 5) is 10.4. The summed E-state index contributed by atoms with van der Waals surface area (Å²) in [5.41, 5.74) is 4.93. The molecule has 0 aliphatic heterocycles. The molecule has 0 radical (unpaired) electrons. The second kappa shape index (κ2) is 5.20. The van der Waals surface area contributed by atoms with Crippen LogP contribution in [0.1, 0.15) is 6.92 Å². The molecule has 4 nitrogen and oxygen atoms in total. The van der Waals surface area contributed by atoms with Crippen LogP contribution in [0.5, 0.6) is 0 Å². The third-order valence-corrected chi connectivity index (χ3v) is 1.12. The first-order chi connectivity index (χ1) is 4.68. The highest BCUT2D eigenvalue weighted by atomic mass is 16.5. The highest BCUT2D eigenvalue weighted by Gasteiger charge is 2.06. The Labute approximate surface area is 60.7 Å². The molecule has 1 amide bonds. The number of hydrogen-bond donors (Lipinski definition) is 2. The summed E-state index contributed by atoms with van der Waals surface area (Å²) >= 11 is 0. The van der Waals surface area contributed by atoms with Gasteiger partial charge in [0.25, 0.3) is 0 Å². The van der Waals surface area contributed by atoms with E-state index in [1.807, 2.05) is 7.05 Å². The number of nitrogens with two attached hydrogens (primary N) is 1. The van der Waals surface area contributed by atoms with Crippen molar-refractivity contribution in [3.05, 3.63) is 0 Å². The lowest BCUT2D eigenvalue weighted by molar-refractivity contribution is -0.128. The lowest BCUT2D eigenvalue weighted by Crippen LogP contribution is -2.30. The van der Waals surface area contributed by atoms with Gasteiger partial charge in [0.15, 0.2) is 0 Å². The van der Waals surface area contributed by atoms with E-state index in [-0.39, 0.29) is 0 Å². The molecule has 4 heteroatoms. The van der Waals surface area contributed by atoms with Crippen LogP contribution in [0.15, 0.2) is 0 Å². The number of amides is 1. The number of likely N-dealkylation sites (N-methyl/N-ethyl adjacent to an activating group) is 1. The minimum absolute atomic E-state index is 0.420. The molecule has 0 aromatic carbocycles. The van der Waals surface area contributed by atoms with Crippen molar-refractivity contribution >= 4 is 5.91 Å². The van der Waals surface area contributed by atoms with E-state index in [2.05, 4.69) is 5.32 Å². The van der Waals surface area contributed by atoms with Crippen LogP contribution in [-0.4, -0.2) is 32.2 Å². The molecule has 0 aromatic rings. The number of primary amides is 1. The number of rotatable bonds is 5. The SMILES string of the molecule is CNCCOC(C)C(N)=O. The second-order valence-electron chi connectivity index (χ2n) is 2.02. The minimum Gasteiger partial charge on any atom is -0.367 e. The molecule has 1 unspecified atom stereocenters. The molecule has 0 saturated carbocycles. The molecule has 10 heavy (non-hydrogen) atoms. The Kier molecular flexibility index (Phi) is 4.88. The molecule has 0 rings (SSSR count). The number of carbonyl (C=O) groups is 1. The third-order valence-electron chi connectivity index (χ3n) is 1.12. The Morgan fingerprint density at radius 2 is 2.40 bits per heavy atom. The second-order valence-corrected chi connectivity index (χ2v) is 2.02. The molecule has 60 valence electrons. The van der Waals surface area contributed by atoms with Crippen molar-refractivity contribution in [2.45, 2.75) is 13.0 Å². The summed E-state index contributed by atoms with van der Waals surface area (Å²) in [6, 6.07) is 0. The van der Waals surface area contributed by atoms with E-state index in [0.717, 1.165) is 6.54 Å². The van der Waals surface area contributed by atoms with Crippen LogP contribution in [0.4, 0.5) is 0 Å². The van der Waals surface area contributed by atoms with Gasteiger partial charge in [0.1, 0.15) is 6.10 Å². The van der Waals surface area contributed by atoms with E-state index in [9.17, 15) is 4.79 Å². The summed E-state index contributed by atoms with van der Waals surface area (Å²) in [5, 5.41) is 2.88. The molecule has 0 bridgehead atoms. The molecule has 1 atom stereocenters. The Morgan fingerprint density at radius 1 is 1.80 bits per heavy atom. The van der Waals surface area contributed by atoms with Gasteiger partial charge in [-0.15, -0.1) is 0 Å². The number of hydrogen-bond acceptors (Lipinski definition) is 3. The van der Waals surface area contributed by atoms with Crippen molar-refractivity contribution in [2.75, 3.05) is 20.2 Å². The van der Waals surface area contributed by atoms with Gasteiger partial charge in [0, 0.05) is 6.54 Å². The van der Waals surface area contributed by atoms with Gasteiger partial charge >= 0.3 is 0 Å². The van der Waals surface area contributed by atoms with Gasteiger partial charge in [-0.05, 0) is 14.0 Å². The monoisotopic (exact) mass is 146 g/mol. The summed E-state index contributed by atoms with van der Waals surface area (Å²) in [5.74, 6) is -0.420. The summed E-state index contributed by atoms with van der Waals surface area (Å²) in [6.07, 6.45) is -0.478. The number of nitrogens with one attached hydrogen (secondary N) is 1. The maximum Gasteiger partial charge on any atom is 0.246 e. The maximum absolute atomic E-state index is 10.4. The molecule has 0 aliphatic carbocycles. The zero-order valence-electron chi connectivity index (χ0n) is 6.39. The zero-order valence-corrected chi connectivity index (χ0v) is 6.39. The fourth-order valence-corrected chi connectivity index (χ4v) is 0.420. The van der Waals surface area contributed by atoms with Gasteiger partial charge < -0.3 is 15.8 Å². The van der Waals surface area contributed by atoms with Gasteiger partial charge in [-0.3, -0.25) is 4.79 Å². The van der Waals surface area contributed by atoms with E-state index < -0.39 is 12.0 Å². The first kappa shape index (κ1) is 9.39. The van der Waals surface area contributed by atoms with Crippen molar-refractivity contribution in [3.63, 3.8) is 0 Å². The lowest BCUT2D eigenvalue weighted by atomic mass is 10.4. The van der Waals surface area contributed by atoms with Gasteiger partial charge in [-0.25, -0.2) is 0 Å². The first-order valence-electron chi connectivity index (χ1n) is 3.24. The number of carbonyl (C=O) groups excluding carboxylic acids is 1. The average Bonchev–Trinajstić information content (AvgIpc) is 1.88. The molecule has 0 heterocycles. The highest BCUT2D eigenvalue weighted by Crippen LogP contribution is 1.86. The standard InChI is InChI=1S/C6H14N2O2/c1-5(6(7)9)10-4-3-8-2/h5,8H,3-4H2,1-2H3,(H2,7,9). The van der Waals surface area contributed by atoms with Crippen LogP contribution in [0.2, 0.25) is 0 Å². The zero-order chi connectivity index (χ0) is 7.98. The Bertz CT molecular complexity index is 106. The highest BCUT2D eigenvalue weighted by molar-refractivity contribution is 5.78. The summed E-state index contributed by atoms with van der Waals surface area (Å²) in [7, 11) is 1.82.